The van der Waals surface area contributed by atoms with E-state index in [2.05, 4.69) is 10.4 Å². The maximum absolute atomic E-state index is 12.4. The van der Waals surface area contributed by atoms with E-state index in [0.29, 0.717) is 11.9 Å². The fraction of sp³-hybridized carbons (Fsp3) is 0.286. The lowest BCUT2D eigenvalue weighted by Crippen LogP contribution is -2.28. The Kier molecular flexibility index (Phi) is 5.54. The highest BCUT2D eigenvalue weighted by Gasteiger charge is 2.15. The van der Waals surface area contributed by atoms with Crippen molar-refractivity contribution in [2.75, 3.05) is 7.11 Å². The highest BCUT2D eigenvalue weighted by molar-refractivity contribution is 5.79. The first-order valence-corrected chi connectivity index (χ1v) is 8.88. The Morgan fingerprint density at radius 3 is 2.81 bits per heavy atom. The van der Waals surface area contributed by atoms with E-state index in [1.54, 1.807) is 17.9 Å². The molecule has 3 aromatic rings. The van der Waals surface area contributed by atoms with Gasteiger partial charge in [0.05, 0.1) is 31.4 Å². The zero-order valence-corrected chi connectivity index (χ0v) is 15.7. The van der Waals surface area contributed by atoms with Gasteiger partial charge in [0.15, 0.2) is 0 Å². The molecule has 1 atom stereocenters. The summed E-state index contributed by atoms with van der Waals surface area (Å²) in [5, 5.41) is 7.77. The molecule has 0 spiro atoms. The Hall–Kier alpha value is -3.15. The van der Waals surface area contributed by atoms with Crippen molar-refractivity contribution in [2.45, 2.75) is 32.9 Å². The Morgan fingerprint density at radius 1 is 1.26 bits per heavy atom. The minimum Gasteiger partial charge on any atom is -0.496 e. The number of aryl methyl sites for hydroxylation is 2. The first-order valence-electron chi connectivity index (χ1n) is 8.88. The maximum Gasteiger partial charge on any atom is 0.222 e. The van der Waals surface area contributed by atoms with E-state index in [4.69, 9.17) is 4.74 Å². The van der Waals surface area contributed by atoms with Gasteiger partial charge in [0, 0.05) is 17.4 Å². The van der Waals surface area contributed by atoms with Gasteiger partial charge in [0.2, 0.25) is 11.3 Å². The van der Waals surface area contributed by atoms with Crippen LogP contribution in [0.1, 0.15) is 30.5 Å². The van der Waals surface area contributed by atoms with E-state index in [1.165, 1.54) is 6.20 Å². The molecule has 3 rings (SSSR count). The standard InChI is InChI=1S/C21H23N3O3/c1-14-8-9-20(27-3)17(12-14)15(2)23-21(26)10-11-24-18-7-5-4-6-16(18)19(25)13-22-24/h4-9,12-13,15H,10-11H2,1-3H3,(H,23,26). The fourth-order valence-electron chi connectivity index (χ4n) is 3.13. The van der Waals surface area contributed by atoms with Crippen LogP contribution in [0, 0.1) is 6.92 Å². The Balaban J connectivity index is 1.70. The normalized spacial score (nSPS) is 12.0. The van der Waals surface area contributed by atoms with Crippen LogP contribution in [0.5, 0.6) is 5.75 Å². The van der Waals surface area contributed by atoms with Gasteiger partial charge in [-0.2, -0.15) is 5.10 Å². The van der Waals surface area contributed by atoms with Gasteiger partial charge < -0.3 is 10.1 Å². The summed E-state index contributed by atoms with van der Waals surface area (Å²) in [6, 6.07) is 13.0. The van der Waals surface area contributed by atoms with Crippen molar-refractivity contribution >= 4 is 16.8 Å². The molecule has 0 fully saturated rings. The van der Waals surface area contributed by atoms with Crippen molar-refractivity contribution in [1.29, 1.82) is 0 Å². The number of methoxy groups -OCH3 is 1. The van der Waals surface area contributed by atoms with E-state index in [9.17, 15) is 9.59 Å². The molecule has 140 valence electrons. The summed E-state index contributed by atoms with van der Waals surface area (Å²) in [7, 11) is 1.62. The quantitative estimate of drug-likeness (QED) is 0.729. The zero-order chi connectivity index (χ0) is 19.4. The summed E-state index contributed by atoms with van der Waals surface area (Å²) in [5.41, 5.74) is 2.66. The summed E-state index contributed by atoms with van der Waals surface area (Å²) < 4.78 is 7.09. The van der Waals surface area contributed by atoms with Crippen molar-refractivity contribution in [1.82, 2.24) is 15.1 Å². The molecule has 1 amide bonds. The van der Waals surface area contributed by atoms with Gasteiger partial charge in [0.25, 0.3) is 0 Å². The SMILES string of the molecule is COc1ccc(C)cc1C(C)NC(=O)CCn1ncc(=O)c2ccccc21. The molecule has 1 N–H and O–H groups in total. The molecular formula is C21H23N3O3. The number of benzene rings is 2. The predicted molar refractivity (Wildman–Crippen MR) is 105 cm³/mol. The molecule has 27 heavy (non-hydrogen) atoms. The van der Waals surface area contributed by atoms with Crippen molar-refractivity contribution < 1.29 is 9.53 Å². The molecule has 2 aromatic carbocycles. The van der Waals surface area contributed by atoms with Crippen LogP contribution in [0.25, 0.3) is 10.9 Å². The molecule has 1 aromatic heterocycles. The summed E-state index contributed by atoms with van der Waals surface area (Å²) >= 11 is 0. The van der Waals surface area contributed by atoms with Crippen LogP contribution in [-0.2, 0) is 11.3 Å². The van der Waals surface area contributed by atoms with Gasteiger partial charge >= 0.3 is 0 Å². The molecule has 0 saturated carbocycles. The number of rotatable bonds is 6. The molecule has 0 aliphatic heterocycles. The Bertz CT molecular complexity index is 1030. The molecular weight excluding hydrogens is 342 g/mol. The number of ether oxygens (including phenoxy) is 1. The molecule has 0 saturated heterocycles. The molecule has 0 bridgehead atoms. The first kappa shape index (κ1) is 18.6. The molecule has 0 aliphatic carbocycles. The van der Waals surface area contributed by atoms with Crippen LogP contribution in [0.15, 0.2) is 53.5 Å². The van der Waals surface area contributed by atoms with Crippen molar-refractivity contribution in [2.24, 2.45) is 0 Å². The monoisotopic (exact) mass is 365 g/mol. The summed E-state index contributed by atoms with van der Waals surface area (Å²) in [6.07, 6.45) is 1.55. The second-order valence-electron chi connectivity index (χ2n) is 6.53. The van der Waals surface area contributed by atoms with Crippen LogP contribution < -0.4 is 15.5 Å². The van der Waals surface area contributed by atoms with Gasteiger partial charge in [-0.05, 0) is 32.0 Å². The summed E-state index contributed by atoms with van der Waals surface area (Å²) in [6.45, 7) is 4.33. The van der Waals surface area contributed by atoms with Crippen molar-refractivity contribution in [3.8, 4) is 5.75 Å². The maximum atomic E-state index is 12.4. The highest BCUT2D eigenvalue weighted by atomic mass is 16.5. The van der Waals surface area contributed by atoms with Crippen LogP contribution in [0.4, 0.5) is 0 Å². The molecule has 1 heterocycles. The molecule has 0 aliphatic rings. The number of hydrogen-bond donors (Lipinski definition) is 1. The van der Waals surface area contributed by atoms with Gasteiger partial charge in [-0.15, -0.1) is 0 Å². The van der Waals surface area contributed by atoms with Gasteiger partial charge in [-0.1, -0.05) is 29.8 Å². The smallest absolute Gasteiger partial charge is 0.222 e. The van der Waals surface area contributed by atoms with Crippen LogP contribution in [0.2, 0.25) is 0 Å². The largest absolute Gasteiger partial charge is 0.496 e. The van der Waals surface area contributed by atoms with Gasteiger partial charge in [-0.3, -0.25) is 14.3 Å². The average molecular weight is 365 g/mol. The number of nitrogens with zero attached hydrogens (tertiary/aromatic N) is 2. The minimum absolute atomic E-state index is 0.0874. The highest BCUT2D eigenvalue weighted by Crippen LogP contribution is 2.26. The number of carbonyl (C=O) groups excluding carboxylic acids is 1. The number of carbonyl (C=O) groups is 1. The van der Waals surface area contributed by atoms with Crippen molar-refractivity contribution in [3.05, 3.63) is 70.0 Å². The predicted octanol–water partition coefficient (Wildman–Crippen LogP) is 2.98. The van der Waals surface area contributed by atoms with Crippen LogP contribution in [-0.4, -0.2) is 22.8 Å². The minimum atomic E-state index is -0.175. The number of fused-ring (bicyclic) bond motifs is 1. The lowest BCUT2D eigenvalue weighted by molar-refractivity contribution is -0.122. The molecule has 6 heteroatoms. The lowest BCUT2D eigenvalue weighted by atomic mass is 10.0. The van der Waals surface area contributed by atoms with Gasteiger partial charge in [-0.25, -0.2) is 0 Å². The number of nitrogens with one attached hydrogen (secondary N) is 1. The van der Waals surface area contributed by atoms with E-state index in [1.807, 2.05) is 50.2 Å². The Morgan fingerprint density at radius 2 is 2.04 bits per heavy atom. The van der Waals surface area contributed by atoms with Crippen LogP contribution >= 0.6 is 0 Å². The summed E-state index contributed by atoms with van der Waals surface area (Å²) in [4.78, 5) is 24.3. The van der Waals surface area contributed by atoms with E-state index >= 15 is 0 Å². The number of para-hydroxylation sites is 1. The fourth-order valence-corrected chi connectivity index (χ4v) is 3.13. The summed E-state index contributed by atoms with van der Waals surface area (Å²) in [5.74, 6) is 0.664. The topological polar surface area (TPSA) is 73.2 Å². The van der Waals surface area contributed by atoms with Crippen molar-refractivity contribution in [3.63, 3.8) is 0 Å². The number of aromatic nitrogens is 2. The molecule has 6 nitrogen and oxygen atoms in total. The second kappa shape index (κ2) is 8.03. The Labute approximate surface area is 157 Å². The number of amides is 1. The third kappa shape index (κ3) is 4.16. The molecule has 0 radical (unpaired) electrons. The second-order valence-corrected chi connectivity index (χ2v) is 6.53. The van der Waals surface area contributed by atoms with E-state index < -0.39 is 0 Å². The van der Waals surface area contributed by atoms with E-state index in [-0.39, 0.29) is 23.8 Å². The lowest BCUT2D eigenvalue weighted by Gasteiger charge is -2.18. The first-order chi connectivity index (χ1) is 13.0. The zero-order valence-electron chi connectivity index (χ0n) is 15.7. The number of hydrogen-bond acceptors (Lipinski definition) is 4. The third-order valence-electron chi connectivity index (χ3n) is 4.54. The average Bonchev–Trinajstić information content (AvgIpc) is 2.67. The third-order valence-corrected chi connectivity index (χ3v) is 4.54. The van der Waals surface area contributed by atoms with Crippen LogP contribution in [0.3, 0.4) is 0 Å². The van der Waals surface area contributed by atoms with E-state index in [0.717, 1.165) is 22.4 Å². The van der Waals surface area contributed by atoms with Gasteiger partial charge in [0.1, 0.15) is 5.75 Å². The molecule has 1 unspecified atom stereocenters.